The van der Waals surface area contributed by atoms with E-state index in [-0.39, 0.29) is 5.91 Å². The van der Waals surface area contributed by atoms with Gasteiger partial charge in [-0.15, -0.1) is 0 Å². The largest absolute Gasteiger partial charge is 0.356 e. The van der Waals surface area contributed by atoms with Crippen LogP contribution in [0.3, 0.4) is 0 Å². The Kier molecular flexibility index (Phi) is 6.36. The second kappa shape index (κ2) is 8.72. The molecule has 1 N–H and O–H groups in total. The van der Waals surface area contributed by atoms with E-state index in [1.807, 2.05) is 0 Å². The molecule has 1 fully saturated rings. The highest BCUT2D eigenvalue weighted by Gasteiger charge is 2.23. The highest BCUT2D eigenvalue weighted by Crippen LogP contribution is 2.23. The standard InChI is InChI=1S/C22H33N3O/c1-17-8-6-9-18(2)25(17)15-7-14-23-22(26)13-12-19-16-24(3)21-11-5-4-10-20(19)21/h4-5,10-11,16-18H,6-9,12-15H2,1-3H3,(H,23,26)/t17-,18-/m0/s1. The van der Waals surface area contributed by atoms with E-state index in [9.17, 15) is 4.79 Å². The molecule has 2 aromatic rings. The van der Waals surface area contributed by atoms with Gasteiger partial charge in [0.15, 0.2) is 0 Å². The molecule has 2 heterocycles. The molecule has 142 valence electrons. The molecule has 1 aromatic heterocycles. The number of piperidine rings is 1. The molecular weight excluding hydrogens is 322 g/mol. The third kappa shape index (κ3) is 4.47. The summed E-state index contributed by atoms with van der Waals surface area (Å²) in [6.07, 6.45) is 8.51. The van der Waals surface area contributed by atoms with Gasteiger partial charge in [-0.2, -0.15) is 0 Å². The van der Waals surface area contributed by atoms with Crippen LogP contribution in [-0.4, -0.2) is 40.5 Å². The Balaban J connectivity index is 1.40. The third-order valence-electron chi connectivity index (χ3n) is 5.89. The van der Waals surface area contributed by atoms with Crippen molar-refractivity contribution in [2.75, 3.05) is 13.1 Å². The molecule has 0 bridgehead atoms. The summed E-state index contributed by atoms with van der Waals surface area (Å²) < 4.78 is 2.14. The zero-order valence-electron chi connectivity index (χ0n) is 16.5. The molecule has 0 spiro atoms. The van der Waals surface area contributed by atoms with E-state index in [0.717, 1.165) is 25.9 Å². The topological polar surface area (TPSA) is 37.3 Å². The number of hydrogen-bond acceptors (Lipinski definition) is 2. The molecule has 0 saturated carbocycles. The first-order valence-electron chi connectivity index (χ1n) is 10.1. The smallest absolute Gasteiger partial charge is 0.220 e. The van der Waals surface area contributed by atoms with Crippen LogP contribution >= 0.6 is 0 Å². The van der Waals surface area contributed by atoms with Crippen molar-refractivity contribution in [3.8, 4) is 0 Å². The maximum Gasteiger partial charge on any atom is 0.220 e. The van der Waals surface area contributed by atoms with Crippen LogP contribution < -0.4 is 5.32 Å². The van der Waals surface area contributed by atoms with E-state index in [2.05, 4.69) is 66.1 Å². The van der Waals surface area contributed by atoms with Crippen LogP contribution in [0.4, 0.5) is 0 Å². The fraction of sp³-hybridized carbons (Fsp3) is 0.591. The lowest BCUT2D eigenvalue weighted by Gasteiger charge is -2.39. The highest BCUT2D eigenvalue weighted by atomic mass is 16.1. The Morgan fingerprint density at radius 1 is 1.19 bits per heavy atom. The lowest BCUT2D eigenvalue weighted by molar-refractivity contribution is -0.121. The van der Waals surface area contributed by atoms with Gasteiger partial charge < -0.3 is 9.88 Å². The van der Waals surface area contributed by atoms with Gasteiger partial charge >= 0.3 is 0 Å². The molecule has 1 aromatic carbocycles. The van der Waals surface area contributed by atoms with Crippen LogP contribution in [0.5, 0.6) is 0 Å². The van der Waals surface area contributed by atoms with Crippen molar-refractivity contribution < 1.29 is 4.79 Å². The monoisotopic (exact) mass is 355 g/mol. The first kappa shape index (κ1) is 19.0. The molecule has 2 atom stereocenters. The summed E-state index contributed by atoms with van der Waals surface area (Å²) in [5, 5.41) is 4.36. The van der Waals surface area contributed by atoms with Gasteiger partial charge in [0.25, 0.3) is 0 Å². The van der Waals surface area contributed by atoms with Crippen LogP contribution in [0.2, 0.25) is 0 Å². The van der Waals surface area contributed by atoms with Crippen molar-refractivity contribution in [3.63, 3.8) is 0 Å². The van der Waals surface area contributed by atoms with E-state index in [1.54, 1.807) is 0 Å². The fourth-order valence-electron chi connectivity index (χ4n) is 4.37. The predicted molar refractivity (Wildman–Crippen MR) is 108 cm³/mol. The molecule has 4 heteroatoms. The second-order valence-corrected chi connectivity index (χ2v) is 7.85. The maximum absolute atomic E-state index is 12.2. The Morgan fingerprint density at radius 2 is 1.92 bits per heavy atom. The average Bonchev–Trinajstić information content (AvgIpc) is 2.95. The number of aromatic nitrogens is 1. The van der Waals surface area contributed by atoms with Crippen molar-refractivity contribution in [1.29, 1.82) is 0 Å². The van der Waals surface area contributed by atoms with Crippen LogP contribution in [-0.2, 0) is 18.3 Å². The summed E-state index contributed by atoms with van der Waals surface area (Å²) in [7, 11) is 2.06. The van der Waals surface area contributed by atoms with Gasteiger partial charge in [0.05, 0.1) is 0 Å². The number of carbonyl (C=O) groups is 1. The van der Waals surface area contributed by atoms with Crippen LogP contribution in [0.15, 0.2) is 30.5 Å². The summed E-state index contributed by atoms with van der Waals surface area (Å²) >= 11 is 0. The molecule has 1 saturated heterocycles. The Morgan fingerprint density at radius 3 is 2.69 bits per heavy atom. The molecule has 0 unspecified atom stereocenters. The minimum absolute atomic E-state index is 0.165. The van der Waals surface area contributed by atoms with Crippen molar-refractivity contribution >= 4 is 16.8 Å². The normalized spacial score (nSPS) is 21.2. The number of nitrogens with one attached hydrogen (secondary N) is 1. The first-order chi connectivity index (χ1) is 12.6. The van der Waals surface area contributed by atoms with Gasteiger partial charge in [-0.3, -0.25) is 9.69 Å². The number of aryl methyl sites for hydroxylation is 2. The zero-order valence-corrected chi connectivity index (χ0v) is 16.5. The van der Waals surface area contributed by atoms with Gasteiger partial charge in [0.2, 0.25) is 5.91 Å². The van der Waals surface area contributed by atoms with Gasteiger partial charge in [0, 0.05) is 55.7 Å². The maximum atomic E-state index is 12.2. The second-order valence-electron chi connectivity index (χ2n) is 7.85. The third-order valence-corrected chi connectivity index (χ3v) is 5.89. The molecule has 1 aliphatic heterocycles. The lowest BCUT2D eigenvalue weighted by atomic mass is 9.97. The first-order valence-corrected chi connectivity index (χ1v) is 10.1. The van der Waals surface area contributed by atoms with Crippen LogP contribution in [0.1, 0.15) is 51.5 Å². The van der Waals surface area contributed by atoms with Gasteiger partial charge in [-0.05, 0) is 51.2 Å². The number of nitrogens with zero attached hydrogens (tertiary/aromatic N) is 2. The number of rotatable bonds is 7. The number of benzene rings is 1. The summed E-state index contributed by atoms with van der Waals surface area (Å²) in [6.45, 7) is 6.53. The number of amides is 1. The summed E-state index contributed by atoms with van der Waals surface area (Å²) in [5.41, 5.74) is 2.49. The minimum atomic E-state index is 0.165. The van der Waals surface area contributed by atoms with Gasteiger partial charge in [-0.25, -0.2) is 0 Å². The van der Waals surface area contributed by atoms with E-state index >= 15 is 0 Å². The summed E-state index contributed by atoms with van der Waals surface area (Å²) in [5.74, 6) is 0.165. The van der Waals surface area contributed by atoms with Crippen molar-refractivity contribution in [2.45, 2.75) is 64.5 Å². The van der Waals surface area contributed by atoms with Gasteiger partial charge in [0.1, 0.15) is 0 Å². The number of carbonyl (C=O) groups excluding carboxylic acids is 1. The molecule has 3 rings (SSSR count). The van der Waals surface area contributed by atoms with Gasteiger partial charge in [-0.1, -0.05) is 24.6 Å². The minimum Gasteiger partial charge on any atom is -0.356 e. The summed E-state index contributed by atoms with van der Waals surface area (Å²) in [6, 6.07) is 9.75. The van der Waals surface area contributed by atoms with Crippen molar-refractivity contribution in [3.05, 3.63) is 36.0 Å². The van der Waals surface area contributed by atoms with E-state index in [4.69, 9.17) is 0 Å². The quantitative estimate of drug-likeness (QED) is 0.765. The van der Waals surface area contributed by atoms with E-state index in [1.165, 1.54) is 35.7 Å². The highest BCUT2D eigenvalue weighted by molar-refractivity contribution is 5.84. The van der Waals surface area contributed by atoms with Crippen LogP contribution in [0.25, 0.3) is 10.9 Å². The number of fused-ring (bicyclic) bond motifs is 1. The Hall–Kier alpha value is -1.81. The molecule has 26 heavy (non-hydrogen) atoms. The summed E-state index contributed by atoms with van der Waals surface area (Å²) in [4.78, 5) is 14.8. The molecule has 1 aliphatic rings. The zero-order chi connectivity index (χ0) is 18.5. The van der Waals surface area contributed by atoms with Crippen molar-refractivity contribution in [1.82, 2.24) is 14.8 Å². The fourth-order valence-corrected chi connectivity index (χ4v) is 4.37. The predicted octanol–water partition coefficient (Wildman–Crippen LogP) is 3.88. The molecule has 1 amide bonds. The molecular formula is C22H33N3O. The lowest BCUT2D eigenvalue weighted by Crippen LogP contribution is -2.44. The molecule has 0 radical (unpaired) electrons. The molecule has 4 nitrogen and oxygen atoms in total. The van der Waals surface area contributed by atoms with E-state index in [0.29, 0.717) is 18.5 Å². The molecule has 0 aliphatic carbocycles. The Bertz CT molecular complexity index is 726. The average molecular weight is 356 g/mol. The van der Waals surface area contributed by atoms with Crippen molar-refractivity contribution in [2.24, 2.45) is 7.05 Å². The SMILES string of the molecule is C[C@H]1CCC[C@H](C)N1CCCNC(=O)CCc1cn(C)c2ccccc12. The number of likely N-dealkylation sites (tertiary alicyclic amines) is 1. The van der Waals surface area contributed by atoms with E-state index < -0.39 is 0 Å². The number of hydrogen-bond donors (Lipinski definition) is 1. The number of para-hydroxylation sites is 1. The van der Waals surface area contributed by atoms with Crippen LogP contribution in [0, 0.1) is 0 Å². The Labute approximate surface area is 157 Å².